The Morgan fingerprint density at radius 2 is 1.75 bits per heavy atom. The van der Waals surface area contributed by atoms with E-state index in [2.05, 4.69) is 0 Å². The van der Waals surface area contributed by atoms with Gasteiger partial charge in [0, 0.05) is 6.07 Å². The van der Waals surface area contributed by atoms with Crippen LogP contribution in [0.5, 0.6) is 23.0 Å². The van der Waals surface area contributed by atoms with E-state index >= 15 is 0 Å². The fraction of sp³-hybridized carbons (Fsp3) is 0.381. The SMILES string of the molecule is COc1cc(OC2OC(CO)C(O)C(O)C2O)c(OC)c2c(=O)c3cc(O)ccc3oc12. The smallest absolute Gasteiger partial charge is 0.229 e. The highest BCUT2D eigenvalue weighted by Gasteiger charge is 2.45. The zero-order chi connectivity index (χ0) is 23.2. The Bertz CT molecular complexity index is 1200. The topological polar surface area (TPSA) is 168 Å². The Hall–Kier alpha value is -3.09. The molecule has 1 aliphatic rings. The van der Waals surface area contributed by atoms with E-state index in [9.17, 15) is 30.3 Å². The van der Waals surface area contributed by atoms with Gasteiger partial charge in [-0.25, -0.2) is 0 Å². The molecule has 172 valence electrons. The van der Waals surface area contributed by atoms with Gasteiger partial charge in [0.05, 0.1) is 26.2 Å². The number of phenolic OH excluding ortho intramolecular Hbond substituents is 1. The number of hydrogen-bond donors (Lipinski definition) is 5. The summed E-state index contributed by atoms with van der Waals surface area (Å²) in [6, 6.07) is 5.41. The maximum atomic E-state index is 13.2. The quantitative estimate of drug-likeness (QED) is 0.328. The fourth-order valence-corrected chi connectivity index (χ4v) is 3.67. The minimum Gasteiger partial charge on any atom is -0.508 e. The lowest BCUT2D eigenvalue weighted by molar-refractivity contribution is -0.277. The standard InChI is InChI=1S/C21H22O11/c1-28-11-6-12(31-21-18(27)17(26)16(25)13(7-22)32-21)19(29-2)14-15(24)9-5-8(23)3-4-10(9)30-20(11)14/h3-6,13,16-18,21-23,25-27H,7H2,1-2H3. The Labute approximate surface area is 180 Å². The molecule has 0 bridgehead atoms. The van der Waals surface area contributed by atoms with Gasteiger partial charge in [-0.15, -0.1) is 0 Å². The Morgan fingerprint density at radius 1 is 1.00 bits per heavy atom. The van der Waals surface area contributed by atoms with E-state index in [4.69, 9.17) is 23.4 Å². The lowest BCUT2D eigenvalue weighted by Gasteiger charge is -2.39. The van der Waals surface area contributed by atoms with Crippen molar-refractivity contribution in [3.05, 3.63) is 34.5 Å². The van der Waals surface area contributed by atoms with E-state index in [0.29, 0.717) is 0 Å². The van der Waals surface area contributed by atoms with Gasteiger partial charge in [0.25, 0.3) is 0 Å². The van der Waals surface area contributed by atoms with Crippen LogP contribution in [0.3, 0.4) is 0 Å². The molecule has 0 saturated carbocycles. The number of benzene rings is 2. The summed E-state index contributed by atoms with van der Waals surface area (Å²) in [4.78, 5) is 13.2. The number of phenols is 1. The summed E-state index contributed by atoms with van der Waals surface area (Å²) >= 11 is 0. The van der Waals surface area contributed by atoms with Gasteiger partial charge in [-0.1, -0.05) is 0 Å². The molecule has 0 aliphatic carbocycles. The number of ether oxygens (including phenoxy) is 4. The molecule has 5 N–H and O–H groups in total. The predicted molar refractivity (Wildman–Crippen MR) is 109 cm³/mol. The van der Waals surface area contributed by atoms with E-state index in [-0.39, 0.29) is 44.9 Å². The highest BCUT2D eigenvalue weighted by Crippen LogP contribution is 2.42. The lowest BCUT2D eigenvalue weighted by atomic mass is 9.99. The summed E-state index contributed by atoms with van der Waals surface area (Å²) < 4.78 is 27.6. The molecule has 4 rings (SSSR count). The van der Waals surface area contributed by atoms with Crippen molar-refractivity contribution >= 4 is 21.9 Å². The first-order valence-electron chi connectivity index (χ1n) is 9.62. The third kappa shape index (κ3) is 3.49. The number of rotatable bonds is 5. The maximum absolute atomic E-state index is 13.2. The van der Waals surface area contributed by atoms with Crippen molar-refractivity contribution in [3.63, 3.8) is 0 Å². The third-order valence-corrected chi connectivity index (χ3v) is 5.33. The fourth-order valence-electron chi connectivity index (χ4n) is 3.67. The molecule has 11 nitrogen and oxygen atoms in total. The molecule has 5 atom stereocenters. The van der Waals surface area contributed by atoms with Crippen LogP contribution in [0.25, 0.3) is 21.9 Å². The summed E-state index contributed by atoms with van der Waals surface area (Å²) in [6.45, 7) is -0.637. The highest BCUT2D eigenvalue weighted by atomic mass is 16.7. The van der Waals surface area contributed by atoms with E-state index in [0.717, 1.165) is 0 Å². The number of aliphatic hydroxyl groups excluding tert-OH is 4. The zero-order valence-electron chi connectivity index (χ0n) is 17.1. The molecule has 11 heteroatoms. The average Bonchev–Trinajstić information content (AvgIpc) is 2.79. The first-order chi connectivity index (χ1) is 15.3. The van der Waals surface area contributed by atoms with Crippen molar-refractivity contribution < 1.29 is 48.9 Å². The second kappa shape index (κ2) is 8.45. The lowest BCUT2D eigenvalue weighted by Crippen LogP contribution is -2.60. The number of aliphatic hydroxyl groups is 4. The molecular formula is C21H22O11. The molecule has 5 unspecified atom stereocenters. The summed E-state index contributed by atoms with van der Waals surface area (Å²) in [7, 11) is 2.63. The molecule has 2 heterocycles. The van der Waals surface area contributed by atoms with Gasteiger partial charge in [-0.05, 0) is 18.2 Å². The molecule has 0 radical (unpaired) electrons. The van der Waals surface area contributed by atoms with Gasteiger partial charge >= 0.3 is 0 Å². The molecule has 0 spiro atoms. The molecule has 1 aliphatic heterocycles. The first-order valence-corrected chi connectivity index (χ1v) is 9.62. The zero-order valence-corrected chi connectivity index (χ0v) is 17.1. The van der Waals surface area contributed by atoms with Crippen LogP contribution in [0.1, 0.15) is 0 Å². The van der Waals surface area contributed by atoms with Gasteiger partial charge in [0.2, 0.25) is 11.7 Å². The van der Waals surface area contributed by atoms with Crippen molar-refractivity contribution in [3.8, 4) is 23.0 Å². The molecule has 0 amide bonds. The van der Waals surface area contributed by atoms with Crippen LogP contribution in [0, 0.1) is 0 Å². The summed E-state index contributed by atoms with van der Waals surface area (Å²) in [5.41, 5.74) is -0.261. The molecule has 1 aromatic heterocycles. The van der Waals surface area contributed by atoms with E-state index in [1.807, 2.05) is 0 Å². The molecule has 32 heavy (non-hydrogen) atoms. The van der Waals surface area contributed by atoms with Gasteiger partial charge in [0.15, 0.2) is 22.8 Å². The van der Waals surface area contributed by atoms with Gasteiger partial charge in [0.1, 0.15) is 41.1 Å². The number of fused-ring (bicyclic) bond motifs is 2. The average molecular weight is 450 g/mol. The van der Waals surface area contributed by atoms with Crippen molar-refractivity contribution in [2.75, 3.05) is 20.8 Å². The van der Waals surface area contributed by atoms with Crippen LogP contribution in [-0.4, -0.2) is 77.1 Å². The first kappa shape index (κ1) is 22.1. The minimum absolute atomic E-state index is 0.0514. The van der Waals surface area contributed by atoms with E-state index < -0.39 is 42.7 Å². The van der Waals surface area contributed by atoms with Gasteiger partial charge < -0.3 is 48.9 Å². The summed E-state index contributed by atoms with van der Waals surface area (Å²) in [5.74, 6) is -0.194. The van der Waals surface area contributed by atoms with Gasteiger partial charge in [-0.3, -0.25) is 4.79 Å². The van der Waals surface area contributed by atoms with Crippen molar-refractivity contribution in [1.29, 1.82) is 0 Å². The molecule has 3 aromatic rings. The van der Waals surface area contributed by atoms with E-state index in [1.54, 1.807) is 0 Å². The Morgan fingerprint density at radius 3 is 2.41 bits per heavy atom. The van der Waals surface area contributed by atoms with Crippen molar-refractivity contribution in [1.82, 2.24) is 0 Å². The monoisotopic (exact) mass is 450 g/mol. The van der Waals surface area contributed by atoms with Crippen LogP contribution in [0.2, 0.25) is 0 Å². The van der Waals surface area contributed by atoms with Crippen LogP contribution in [0.15, 0.2) is 33.5 Å². The van der Waals surface area contributed by atoms with Crippen LogP contribution in [0.4, 0.5) is 0 Å². The number of aromatic hydroxyl groups is 1. The second-order valence-corrected chi connectivity index (χ2v) is 7.24. The molecule has 2 aromatic carbocycles. The van der Waals surface area contributed by atoms with Crippen LogP contribution < -0.4 is 19.6 Å². The Balaban J connectivity index is 1.89. The number of methoxy groups -OCH3 is 2. The Kier molecular flexibility index (Phi) is 5.84. The minimum atomic E-state index is -1.68. The predicted octanol–water partition coefficient (Wildman–Crippen LogP) is -0.152. The number of hydrogen-bond acceptors (Lipinski definition) is 11. The van der Waals surface area contributed by atoms with Crippen LogP contribution >= 0.6 is 0 Å². The molecule has 1 saturated heterocycles. The highest BCUT2D eigenvalue weighted by molar-refractivity contribution is 5.98. The van der Waals surface area contributed by atoms with Crippen molar-refractivity contribution in [2.24, 2.45) is 0 Å². The largest absolute Gasteiger partial charge is 0.508 e. The van der Waals surface area contributed by atoms with Crippen molar-refractivity contribution in [2.45, 2.75) is 30.7 Å². The maximum Gasteiger partial charge on any atom is 0.229 e. The van der Waals surface area contributed by atoms with Gasteiger partial charge in [-0.2, -0.15) is 0 Å². The summed E-state index contributed by atoms with van der Waals surface area (Å²) in [5, 5.41) is 49.5. The summed E-state index contributed by atoms with van der Waals surface area (Å²) in [6.07, 6.45) is -7.60. The third-order valence-electron chi connectivity index (χ3n) is 5.33. The van der Waals surface area contributed by atoms with Crippen LogP contribution in [-0.2, 0) is 4.74 Å². The second-order valence-electron chi connectivity index (χ2n) is 7.24. The molecule has 1 fully saturated rings. The molecular weight excluding hydrogens is 428 g/mol. The van der Waals surface area contributed by atoms with E-state index in [1.165, 1.54) is 38.5 Å². The normalized spacial score (nSPS) is 25.8.